The van der Waals surface area contributed by atoms with Crippen LogP contribution in [0.5, 0.6) is 11.5 Å². The van der Waals surface area contributed by atoms with Gasteiger partial charge in [-0.1, -0.05) is 25.7 Å². The summed E-state index contributed by atoms with van der Waals surface area (Å²) in [7, 11) is 0. The van der Waals surface area contributed by atoms with Gasteiger partial charge in [-0.05, 0) is 61.8 Å². The Balaban J connectivity index is 1.55. The first-order valence-electron chi connectivity index (χ1n) is 9.04. The van der Waals surface area contributed by atoms with E-state index in [9.17, 15) is 9.59 Å². The Morgan fingerprint density at radius 2 is 1.21 bits per heavy atom. The van der Waals surface area contributed by atoms with Crippen LogP contribution in [-0.4, -0.2) is 11.9 Å². The van der Waals surface area contributed by atoms with Crippen molar-refractivity contribution in [3.05, 3.63) is 23.3 Å². The van der Waals surface area contributed by atoms with Gasteiger partial charge in [0, 0.05) is 12.8 Å². The molecule has 24 heavy (non-hydrogen) atoms. The van der Waals surface area contributed by atoms with Crippen molar-refractivity contribution in [2.24, 2.45) is 11.8 Å². The molecule has 0 saturated heterocycles. The molecule has 0 unspecified atom stereocenters. The van der Waals surface area contributed by atoms with Crippen LogP contribution in [0.15, 0.2) is 12.1 Å². The van der Waals surface area contributed by atoms with Gasteiger partial charge >= 0.3 is 11.9 Å². The first kappa shape index (κ1) is 17.0. The van der Waals surface area contributed by atoms with Gasteiger partial charge in [0.1, 0.15) is 11.5 Å². The van der Waals surface area contributed by atoms with E-state index in [1.165, 1.54) is 25.7 Å². The summed E-state index contributed by atoms with van der Waals surface area (Å²) in [6, 6.07) is 3.57. The Morgan fingerprint density at radius 3 is 1.54 bits per heavy atom. The molecular weight excluding hydrogens is 304 g/mol. The van der Waals surface area contributed by atoms with Gasteiger partial charge in [-0.2, -0.15) is 0 Å². The van der Waals surface area contributed by atoms with E-state index in [1.54, 1.807) is 12.1 Å². The van der Waals surface area contributed by atoms with Crippen LogP contribution in [-0.2, 0) is 9.59 Å². The van der Waals surface area contributed by atoms with Gasteiger partial charge in [-0.15, -0.1) is 0 Å². The molecule has 2 aliphatic carbocycles. The number of rotatable bonds is 8. The standard InChI is InChI=1S/C20H26O4/c1-13-11-18(24-20(22)10-8-16-5-6-16)14(2)12-17(13)23-19(21)9-7-15-3-4-15/h11-12,15-16H,3-10H2,1-2H3. The van der Waals surface area contributed by atoms with Crippen molar-refractivity contribution in [3.8, 4) is 11.5 Å². The van der Waals surface area contributed by atoms with Gasteiger partial charge in [0.15, 0.2) is 0 Å². The van der Waals surface area contributed by atoms with Crippen LogP contribution in [0.4, 0.5) is 0 Å². The Bertz CT molecular complexity index is 571. The van der Waals surface area contributed by atoms with Crippen LogP contribution in [0.2, 0.25) is 0 Å². The van der Waals surface area contributed by atoms with Gasteiger partial charge in [0.25, 0.3) is 0 Å². The molecule has 1 aromatic rings. The number of hydrogen-bond acceptors (Lipinski definition) is 4. The lowest BCUT2D eigenvalue weighted by atomic mass is 10.1. The van der Waals surface area contributed by atoms with Crippen molar-refractivity contribution in [2.45, 2.75) is 65.2 Å². The van der Waals surface area contributed by atoms with Crippen LogP contribution in [0.3, 0.4) is 0 Å². The number of esters is 2. The van der Waals surface area contributed by atoms with E-state index in [-0.39, 0.29) is 11.9 Å². The Labute approximate surface area is 143 Å². The molecule has 0 aliphatic heterocycles. The lowest BCUT2D eigenvalue weighted by Gasteiger charge is -2.12. The number of carbonyl (C=O) groups is 2. The topological polar surface area (TPSA) is 52.6 Å². The summed E-state index contributed by atoms with van der Waals surface area (Å²) in [5, 5.41) is 0. The molecule has 0 N–H and O–H groups in total. The zero-order valence-electron chi connectivity index (χ0n) is 14.6. The van der Waals surface area contributed by atoms with E-state index in [2.05, 4.69) is 0 Å². The van der Waals surface area contributed by atoms with Gasteiger partial charge in [-0.25, -0.2) is 0 Å². The fraction of sp³-hybridized carbons (Fsp3) is 0.600. The highest BCUT2D eigenvalue weighted by molar-refractivity contribution is 5.74. The Hall–Kier alpha value is -1.84. The number of benzene rings is 1. The molecule has 2 fully saturated rings. The number of ether oxygens (including phenoxy) is 2. The number of aryl methyl sites for hydroxylation is 2. The van der Waals surface area contributed by atoms with Gasteiger partial charge < -0.3 is 9.47 Å². The third-order valence-corrected chi connectivity index (χ3v) is 4.83. The molecule has 2 aliphatic rings. The second kappa shape index (κ2) is 7.37. The Morgan fingerprint density at radius 1 is 0.833 bits per heavy atom. The zero-order valence-corrected chi connectivity index (χ0v) is 14.6. The highest BCUT2D eigenvalue weighted by Crippen LogP contribution is 2.35. The summed E-state index contributed by atoms with van der Waals surface area (Å²) in [5.74, 6) is 2.20. The molecule has 0 radical (unpaired) electrons. The monoisotopic (exact) mass is 330 g/mol. The van der Waals surface area contributed by atoms with Crippen molar-refractivity contribution >= 4 is 11.9 Å². The summed E-state index contributed by atoms with van der Waals surface area (Å²) in [6.45, 7) is 3.73. The van der Waals surface area contributed by atoms with Crippen molar-refractivity contribution in [1.82, 2.24) is 0 Å². The molecule has 2 saturated carbocycles. The van der Waals surface area contributed by atoms with E-state index in [0.717, 1.165) is 35.8 Å². The highest BCUT2D eigenvalue weighted by atomic mass is 16.5. The minimum Gasteiger partial charge on any atom is -0.426 e. The zero-order chi connectivity index (χ0) is 17.1. The van der Waals surface area contributed by atoms with E-state index in [1.807, 2.05) is 13.8 Å². The SMILES string of the molecule is Cc1cc(OC(=O)CCC2CC2)c(C)cc1OC(=O)CCC1CC1. The summed E-state index contributed by atoms with van der Waals surface area (Å²) in [6.07, 6.45) is 7.76. The average Bonchev–Trinajstić information content (AvgIpc) is 3.43. The molecule has 130 valence electrons. The minimum absolute atomic E-state index is 0.182. The van der Waals surface area contributed by atoms with Crippen LogP contribution in [0.1, 0.15) is 62.5 Å². The first-order valence-corrected chi connectivity index (χ1v) is 9.04. The fourth-order valence-corrected chi connectivity index (χ4v) is 2.79. The normalized spacial score (nSPS) is 16.8. The van der Waals surface area contributed by atoms with E-state index in [4.69, 9.17) is 9.47 Å². The molecule has 4 nitrogen and oxygen atoms in total. The fourth-order valence-electron chi connectivity index (χ4n) is 2.79. The average molecular weight is 330 g/mol. The lowest BCUT2D eigenvalue weighted by molar-refractivity contribution is -0.135. The molecular formula is C20H26O4. The maximum atomic E-state index is 11.9. The van der Waals surface area contributed by atoms with Gasteiger partial charge in [0.05, 0.1) is 0 Å². The highest BCUT2D eigenvalue weighted by Gasteiger charge is 2.24. The van der Waals surface area contributed by atoms with Crippen molar-refractivity contribution < 1.29 is 19.1 Å². The van der Waals surface area contributed by atoms with Crippen LogP contribution < -0.4 is 9.47 Å². The second-order valence-corrected chi connectivity index (χ2v) is 7.30. The van der Waals surface area contributed by atoms with Crippen molar-refractivity contribution in [2.75, 3.05) is 0 Å². The smallest absolute Gasteiger partial charge is 0.311 e. The first-order chi connectivity index (χ1) is 11.5. The van der Waals surface area contributed by atoms with Crippen molar-refractivity contribution in [1.29, 1.82) is 0 Å². The summed E-state index contributed by atoms with van der Waals surface area (Å²) >= 11 is 0. The third kappa shape index (κ3) is 5.08. The Kier molecular flexibility index (Phi) is 5.22. The van der Waals surface area contributed by atoms with Gasteiger partial charge in [0.2, 0.25) is 0 Å². The summed E-state index contributed by atoms with van der Waals surface area (Å²) in [4.78, 5) is 23.8. The van der Waals surface area contributed by atoms with Crippen LogP contribution in [0, 0.1) is 25.7 Å². The molecule has 0 aromatic heterocycles. The number of carbonyl (C=O) groups excluding carboxylic acids is 2. The minimum atomic E-state index is -0.182. The molecule has 0 atom stereocenters. The van der Waals surface area contributed by atoms with Crippen molar-refractivity contribution in [3.63, 3.8) is 0 Å². The molecule has 0 bridgehead atoms. The number of hydrogen-bond donors (Lipinski definition) is 0. The maximum Gasteiger partial charge on any atom is 0.311 e. The largest absolute Gasteiger partial charge is 0.426 e. The van der Waals surface area contributed by atoms with E-state index >= 15 is 0 Å². The van der Waals surface area contributed by atoms with Gasteiger partial charge in [-0.3, -0.25) is 9.59 Å². The van der Waals surface area contributed by atoms with E-state index < -0.39 is 0 Å². The maximum absolute atomic E-state index is 11.9. The van der Waals surface area contributed by atoms with Crippen LogP contribution in [0.25, 0.3) is 0 Å². The second-order valence-electron chi connectivity index (χ2n) is 7.30. The summed E-state index contributed by atoms with van der Waals surface area (Å²) < 4.78 is 10.9. The third-order valence-electron chi connectivity index (χ3n) is 4.83. The molecule has 0 heterocycles. The molecule has 0 spiro atoms. The molecule has 1 aromatic carbocycles. The lowest BCUT2D eigenvalue weighted by Crippen LogP contribution is -2.11. The summed E-state index contributed by atoms with van der Waals surface area (Å²) in [5.41, 5.74) is 1.62. The quantitative estimate of drug-likeness (QED) is 0.520. The predicted octanol–water partition coefficient (Wildman–Crippen LogP) is 4.49. The molecule has 4 heteroatoms. The van der Waals surface area contributed by atoms with E-state index in [0.29, 0.717) is 24.3 Å². The molecule has 3 rings (SSSR count). The molecule has 0 amide bonds. The van der Waals surface area contributed by atoms with Crippen LogP contribution >= 0.6 is 0 Å². The predicted molar refractivity (Wildman–Crippen MR) is 91.1 cm³/mol.